The summed E-state index contributed by atoms with van der Waals surface area (Å²) in [5, 5.41) is 18.2. The van der Waals surface area contributed by atoms with Crippen LogP contribution >= 0.6 is 0 Å². The van der Waals surface area contributed by atoms with Gasteiger partial charge in [0.1, 0.15) is 0 Å². The molecule has 0 saturated carbocycles. The molecule has 2 rings (SSSR count). The van der Waals surface area contributed by atoms with Crippen LogP contribution in [-0.2, 0) is 6.42 Å². The summed E-state index contributed by atoms with van der Waals surface area (Å²) in [5.41, 5.74) is 2.72. The Balaban J connectivity index is 2.10. The molecule has 0 aliphatic carbocycles. The number of aliphatic hydroxyl groups is 2. The Hall–Kier alpha value is -3.14. The maximum atomic E-state index is 11.6. The van der Waals surface area contributed by atoms with Gasteiger partial charge < -0.3 is 10.2 Å². The van der Waals surface area contributed by atoms with Gasteiger partial charge >= 0.3 is 0 Å². The number of benzene rings is 2. The van der Waals surface area contributed by atoms with E-state index in [0.29, 0.717) is 17.5 Å². The number of carbonyl (C=O) groups is 2. The van der Waals surface area contributed by atoms with E-state index in [1.54, 1.807) is 48.5 Å². The molecule has 0 radical (unpaired) electrons. The van der Waals surface area contributed by atoms with Gasteiger partial charge in [-0.05, 0) is 17.5 Å². The number of allylic oxidation sites excluding steroid dienone is 2. The highest BCUT2D eigenvalue weighted by molar-refractivity contribution is 6.07. The van der Waals surface area contributed by atoms with Gasteiger partial charge in [-0.15, -0.1) is 0 Å². The third-order valence-electron chi connectivity index (χ3n) is 3.36. The molecular formula is C19H16O4. The fourth-order valence-electron chi connectivity index (χ4n) is 2.12. The Morgan fingerprint density at radius 3 is 1.26 bits per heavy atom. The Bertz CT molecular complexity index is 701. The van der Waals surface area contributed by atoms with Gasteiger partial charge in [0.25, 0.3) is 0 Å². The molecule has 4 nitrogen and oxygen atoms in total. The quantitative estimate of drug-likeness (QED) is 0.484. The normalized spacial score (nSPS) is 10.1. The van der Waals surface area contributed by atoms with Crippen molar-refractivity contribution >= 4 is 11.6 Å². The van der Waals surface area contributed by atoms with E-state index in [0.717, 1.165) is 11.1 Å². The van der Waals surface area contributed by atoms with Crippen molar-refractivity contribution in [2.75, 3.05) is 0 Å². The van der Waals surface area contributed by atoms with E-state index in [2.05, 4.69) is 13.2 Å². The van der Waals surface area contributed by atoms with Crippen LogP contribution in [-0.4, -0.2) is 21.8 Å². The molecule has 0 amide bonds. The van der Waals surface area contributed by atoms with Crippen LogP contribution in [0.1, 0.15) is 31.8 Å². The van der Waals surface area contributed by atoms with Crippen LogP contribution in [0, 0.1) is 0 Å². The van der Waals surface area contributed by atoms with Gasteiger partial charge in [0, 0.05) is 11.1 Å². The Kier molecular flexibility index (Phi) is 4.76. The fourth-order valence-corrected chi connectivity index (χ4v) is 2.12. The highest BCUT2D eigenvalue weighted by Crippen LogP contribution is 2.14. The van der Waals surface area contributed by atoms with E-state index in [4.69, 9.17) is 10.2 Å². The van der Waals surface area contributed by atoms with Crippen LogP contribution in [0.25, 0.3) is 0 Å². The van der Waals surface area contributed by atoms with Crippen LogP contribution in [0.4, 0.5) is 0 Å². The van der Waals surface area contributed by atoms with Crippen LogP contribution in [0.5, 0.6) is 0 Å². The van der Waals surface area contributed by atoms with Crippen molar-refractivity contribution in [3.05, 3.63) is 95.5 Å². The Labute approximate surface area is 134 Å². The molecule has 0 aliphatic heterocycles. The second-order valence-electron chi connectivity index (χ2n) is 5.12. The van der Waals surface area contributed by atoms with Crippen molar-refractivity contribution in [3.8, 4) is 0 Å². The average molecular weight is 308 g/mol. The predicted octanol–water partition coefficient (Wildman–Crippen LogP) is 3.79. The zero-order valence-corrected chi connectivity index (χ0v) is 12.5. The largest absolute Gasteiger partial charge is 0.505 e. The molecule has 0 fully saturated rings. The lowest BCUT2D eigenvalue weighted by Gasteiger charge is -2.05. The van der Waals surface area contributed by atoms with Crippen LogP contribution in [0.3, 0.4) is 0 Å². The minimum absolute atomic E-state index is 0.378. The van der Waals surface area contributed by atoms with E-state index >= 15 is 0 Å². The van der Waals surface area contributed by atoms with E-state index in [1.807, 2.05) is 0 Å². The molecule has 4 heteroatoms. The van der Waals surface area contributed by atoms with Crippen LogP contribution in [0.15, 0.2) is 73.2 Å². The van der Waals surface area contributed by atoms with Gasteiger partial charge in [-0.2, -0.15) is 0 Å². The molecule has 0 spiro atoms. The molecule has 2 aromatic rings. The second kappa shape index (κ2) is 6.75. The SMILES string of the molecule is C=C(O)C(=O)c1ccc(Cc2ccc(C(=O)C(=C)O)cc2)cc1. The van der Waals surface area contributed by atoms with Gasteiger partial charge in [-0.1, -0.05) is 61.7 Å². The van der Waals surface area contributed by atoms with Crippen molar-refractivity contribution in [3.63, 3.8) is 0 Å². The van der Waals surface area contributed by atoms with Gasteiger partial charge in [0.2, 0.25) is 11.6 Å². The van der Waals surface area contributed by atoms with Crippen molar-refractivity contribution in [1.29, 1.82) is 0 Å². The summed E-state index contributed by atoms with van der Waals surface area (Å²) >= 11 is 0. The predicted molar refractivity (Wildman–Crippen MR) is 87.9 cm³/mol. The number of ketones is 2. The smallest absolute Gasteiger partial charge is 0.226 e. The molecule has 0 aromatic heterocycles. The topological polar surface area (TPSA) is 74.6 Å². The molecule has 23 heavy (non-hydrogen) atoms. The second-order valence-corrected chi connectivity index (χ2v) is 5.12. The zero-order valence-electron chi connectivity index (χ0n) is 12.5. The maximum absolute atomic E-state index is 11.6. The highest BCUT2D eigenvalue weighted by atomic mass is 16.3. The first kappa shape index (κ1) is 16.2. The monoisotopic (exact) mass is 308 g/mol. The number of rotatable bonds is 6. The van der Waals surface area contributed by atoms with E-state index in [-0.39, 0.29) is 0 Å². The Morgan fingerprint density at radius 2 is 1.00 bits per heavy atom. The first-order valence-electron chi connectivity index (χ1n) is 6.91. The minimum Gasteiger partial charge on any atom is -0.505 e. The lowest BCUT2D eigenvalue weighted by atomic mass is 10.00. The van der Waals surface area contributed by atoms with Gasteiger partial charge in [0.05, 0.1) is 0 Å². The van der Waals surface area contributed by atoms with Gasteiger partial charge in [0.15, 0.2) is 11.5 Å². The molecule has 0 saturated heterocycles. The van der Waals surface area contributed by atoms with E-state index in [9.17, 15) is 9.59 Å². The Morgan fingerprint density at radius 1 is 0.696 bits per heavy atom. The summed E-state index contributed by atoms with van der Waals surface area (Å²) < 4.78 is 0. The lowest BCUT2D eigenvalue weighted by Crippen LogP contribution is -2.02. The van der Waals surface area contributed by atoms with Crippen LogP contribution in [0.2, 0.25) is 0 Å². The van der Waals surface area contributed by atoms with E-state index in [1.165, 1.54) is 0 Å². The molecule has 2 N–H and O–H groups in total. The van der Waals surface area contributed by atoms with Crippen molar-refractivity contribution < 1.29 is 19.8 Å². The summed E-state index contributed by atoms with van der Waals surface area (Å²) in [6, 6.07) is 13.7. The number of hydrogen-bond acceptors (Lipinski definition) is 4. The molecule has 0 aliphatic rings. The summed E-state index contributed by atoms with van der Waals surface area (Å²) in [5.74, 6) is -1.96. The average Bonchev–Trinajstić information content (AvgIpc) is 2.54. The van der Waals surface area contributed by atoms with Crippen LogP contribution < -0.4 is 0 Å². The summed E-state index contributed by atoms with van der Waals surface area (Å²) in [6.45, 7) is 6.42. The third kappa shape index (κ3) is 3.95. The molecule has 2 aromatic carbocycles. The molecular weight excluding hydrogens is 292 g/mol. The number of hydrogen-bond donors (Lipinski definition) is 2. The van der Waals surface area contributed by atoms with Crippen molar-refractivity contribution in [2.24, 2.45) is 0 Å². The third-order valence-corrected chi connectivity index (χ3v) is 3.36. The zero-order chi connectivity index (χ0) is 17.0. The summed E-state index contributed by atoms with van der Waals surface area (Å²) in [6.07, 6.45) is 0.628. The van der Waals surface area contributed by atoms with Crippen molar-refractivity contribution in [2.45, 2.75) is 6.42 Å². The first-order chi connectivity index (χ1) is 10.9. The number of carbonyl (C=O) groups excluding carboxylic acids is 2. The fraction of sp³-hybridized carbons (Fsp3) is 0.0526. The van der Waals surface area contributed by atoms with Gasteiger partial charge in [-0.3, -0.25) is 9.59 Å². The van der Waals surface area contributed by atoms with Gasteiger partial charge in [-0.25, -0.2) is 0 Å². The summed E-state index contributed by atoms with van der Waals surface area (Å²) in [4.78, 5) is 23.1. The number of Topliss-reactive ketones (excluding diaryl/α,β-unsaturated/α-hetero) is 2. The highest BCUT2D eigenvalue weighted by Gasteiger charge is 2.10. The molecule has 0 atom stereocenters. The standard InChI is InChI=1S/C19H16O4/c1-12(20)18(22)16-7-3-14(4-8-16)11-15-5-9-17(10-6-15)19(23)13(2)21/h3-10,20-21H,1-2,11H2. The molecule has 116 valence electrons. The first-order valence-corrected chi connectivity index (χ1v) is 6.91. The van der Waals surface area contributed by atoms with E-state index < -0.39 is 23.1 Å². The summed E-state index contributed by atoms with van der Waals surface area (Å²) in [7, 11) is 0. The minimum atomic E-state index is -0.497. The van der Waals surface area contributed by atoms with Crippen molar-refractivity contribution in [1.82, 2.24) is 0 Å². The molecule has 0 unspecified atom stereocenters. The lowest BCUT2D eigenvalue weighted by molar-refractivity contribution is 0.0973. The molecule has 0 heterocycles. The maximum Gasteiger partial charge on any atom is 0.226 e. The number of aliphatic hydroxyl groups excluding tert-OH is 2. The molecule has 0 bridgehead atoms.